The van der Waals surface area contributed by atoms with Gasteiger partial charge in [-0.2, -0.15) is 0 Å². The molecule has 1 rings (SSSR count). The minimum Gasteiger partial charge on any atom is -0.123 e. The second kappa shape index (κ2) is 3.77. The Bertz CT molecular complexity index is 211. The van der Waals surface area contributed by atoms with Crippen molar-refractivity contribution >= 4 is 11.6 Å². The van der Waals surface area contributed by atoms with Gasteiger partial charge >= 0.3 is 0 Å². The molecule has 1 aromatic rings. The first kappa shape index (κ1) is 8.61. The second-order valence-electron chi connectivity index (χ2n) is 2.75. The van der Waals surface area contributed by atoms with Gasteiger partial charge in [0.25, 0.3) is 0 Å². The fourth-order valence-electron chi connectivity index (χ4n) is 0.943. The molecule has 0 N–H and O–H groups in total. The summed E-state index contributed by atoms with van der Waals surface area (Å²) in [5, 5.41) is 0.109. The van der Waals surface area contributed by atoms with E-state index in [9.17, 15) is 0 Å². The maximum Gasteiger partial charge on any atom is 0.0382 e. The van der Waals surface area contributed by atoms with Crippen molar-refractivity contribution in [3.63, 3.8) is 0 Å². The molecule has 1 unspecified atom stereocenters. The smallest absolute Gasteiger partial charge is 0.0382 e. The molecule has 1 atom stereocenters. The van der Waals surface area contributed by atoms with Gasteiger partial charge in [0.15, 0.2) is 0 Å². The highest BCUT2D eigenvalue weighted by Crippen LogP contribution is 2.10. The van der Waals surface area contributed by atoms with Crippen LogP contribution in [0.1, 0.15) is 18.1 Å². The molecule has 0 saturated heterocycles. The second-order valence-corrected chi connectivity index (χ2v) is 3.44. The highest BCUT2D eigenvalue weighted by molar-refractivity contribution is 6.21. The Hall–Kier alpha value is -0.490. The number of alkyl halides is 1. The zero-order valence-corrected chi connectivity index (χ0v) is 7.60. The quantitative estimate of drug-likeness (QED) is 0.594. The van der Waals surface area contributed by atoms with E-state index in [4.69, 9.17) is 11.6 Å². The zero-order chi connectivity index (χ0) is 8.27. The fraction of sp³-hybridized carbons (Fsp3) is 0.300. The van der Waals surface area contributed by atoms with Crippen LogP contribution < -0.4 is 0 Å². The van der Waals surface area contributed by atoms with Crippen molar-refractivity contribution in [2.24, 2.45) is 0 Å². The van der Waals surface area contributed by atoms with E-state index in [1.54, 1.807) is 0 Å². The Kier molecular flexibility index (Phi) is 2.95. The lowest BCUT2D eigenvalue weighted by molar-refractivity contribution is 1.13. The van der Waals surface area contributed by atoms with Crippen LogP contribution in [0.15, 0.2) is 24.3 Å². The lowest BCUT2D eigenvalue weighted by Gasteiger charge is -2.01. The molecule has 1 aromatic carbocycles. The summed E-state index contributed by atoms with van der Waals surface area (Å²) in [7, 11) is 0. The van der Waals surface area contributed by atoms with E-state index in [1.807, 2.05) is 13.3 Å². The summed E-state index contributed by atoms with van der Waals surface area (Å²) in [5.41, 5.74) is 2.47. The monoisotopic (exact) mass is 167 g/mol. The van der Waals surface area contributed by atoms with E-state index in [-0.39, 0.29) is 5.38 Å². The van der Waals surface area contributed by atoms with E-state index in [0.717, 1.165) is 0 Å². The van der Waals surface area contributed by atoms with Crippen molar-refractivity contribution in [2.45, 2.75) is 19.2 Å². The average molecular weight is 168 g/mol. The molecule has 0 aliphatic rings. The summed E-state index contributed by atoms with van der Waals surface area (Å²) in [5.74, 6) is 0. The molecule has 0 bridgehead atoms. The Morgan fingerprint density at radius 3 is 2.27 bits per heavy atom. The average Bonchev–Trinajstić information content (AvgIpc) is 1.93. The Morgan fingerprint density at radius 1 is 1.27 bits per heavy atom. The zero-order valence-electron chi connectivity index (χ0n) is 6.84. The summed E-state index contributed by atoms with van der Waals surface area (Å²) in [4.78, 5) is 0. The Labute approximate surface area is 73.2 Å². The van der Waals surface area contributed by atoms with Crippen LogP contribution in [0.2, 0.25) is 0 Å². The van der Waals surface area contributed by atoms with Crippen molar-refractivity contribution in [1.29, 1.82) is 0 Å². The predicted molar refractivity (Wildman–Crippen MR) is 49.9 cm³/mol. The minimum atomic E-state index is 0.109. The van der Waals surface area contributed by atoms with Crippen LogP contribution in [0.5, 0.6) is 0 Å². The third-order valence-corrected chi connectivity index (χ3v) is 1.63. The van der Waals surface area contributed by atoms with Crippen molar-refractivity contribution in [2.75, 3.05) is 0 Å². The molecule has 59 valence electrons. The van der Waals surface area contributed by atoms with Crippen molar-refractivity contribution in [1.82, 2.24) is 0 Å². The van der Waals surface area contributed by atoms with E-state index >= 15 is 0 Å². The summed E-state index contributed by atoms with van der Waals surface area (Å²) >= 11 is 5.80. The van der Waals surface area contributed by atoms with E-state index in [0.29, 0.717) is 0 Å². The van der Waals surface area contributed by atoms with Crippen LogP contribution in [0.3, 0.4) is 0 Å². The van der Waals surface area contributed by atoms with Gasteiger partial charge < -0.3 is 0 Å². The molecule has 1 radical (unpaired) electrons. The summed E-state index contributed by atoms with van der Waals surface area (Å²) in [6, 6.07) is 8.33. The summed E-state index contributed by atoms with van der Waals surface area (Å²) in [6.45, 7) is 4.04. The van der Waals surface area contributed by atoms with Crippen molar-refractivity contribution < 1.29 is 0 Å². The van der Waals surface area contributed by atoms with Gasteiger partial charge in [0.05, 0.1) is 0 Å². The molecule has 1 heteroatoms. The first-order chi connectivity index (χ1) is 5.18. The van der Waals surface area contributed by atoms with Crippen molar-refractivity contribution in [3.05, 3.63) is 41.8 Å². The standard InChI is InChI=1S/C10H12Cl/c1-8-3-5-10(6-4-8)7-9(2)11/h3-7,9H,1-2H3. The van der Waals surface area contributed by atoms with Gasteiger partial charge in [-0.3, -0.25) is 0 Å². The van der Waals surface area contributed by atoms with Crippen molar-refractivity contribution in [3.8, 4) is 0 Å². The van der Waals surface area contributed by atoms with Gasteiger partial charge in [-0.15, -0.1) is 11.6 Å². The molecule has 0 heterocycles. The summed E-state index contributed by atoms with van der Waals surface area (Å²) in [6.07, 6.45) is 2.03. The first-order valence-electron chi connectivity index (χ1n) is 3.74. The highest BCUT2D eigenvalue weighted by atomic mass is 35.5. The number of halogens is 1. The predicted octanol–water partition coefficient (Wildman–Crippen LogP) is 3.17. The molecule has 0 fully saturated rings. The number of aryl methyl sites for hydroxylation is 1. The van der Waals surface area contributed by atoms with E-state index in [1.165, 1.54) is 11.1 Å². The van der Waals surface area contributed by atoms with Crippen LogP contribution in [0.4, 0.5) is 0 Å². The van der Waals surface area contributed by atoms with Crippen LogP contribution in [-0.2, 0) is 0 Å². The normalized spacial score (nSPS) is 13.0. The molecule has 0 nitrogen and oxygen atoms in total. The lowest BCUT2D eigenvalue weighted by atomic mass is 10.1. The maximum atomic E-state index is 5.80. The molecule has 0 amide bonds. The van der Waals surface area contributed by atoms with Gasteiger partial charge in [0.2, 0.25) is 0 Å². The van der Waals surface area contributed by atoms with Crippen LogP contribution >= 0.6 is 11.6 Å². The Balaban J connectivity index is 2.66. The molecular weight excluding hydrogens is 156 g/mol. The number of hydrogen-bond donors (Lipinski definition) is 0. The summed E-state index contributed by atoms with van der Waals surface area (Å²) < 4.78 is 0. The fourth-order valence-corrected chi connectivity index (χ4v) is 1.09. The van der Waals surface area contributed by atoms with E-state index < -0.39 is 0 Å². The number of benzene rings is 1. The Morgan fingerprint density at radius 2 is 1.82 bits per heavy atom. The first-order valence-corrected chi connectivity index (χ1v) is 4.18. The highest BCUT2D eigenvalue weighted by Gasteiger charge is 1.98. The molecular formula is C10H12Cl. The third kappa shape index (κ3) is 2.94. The SMILES string of the molecule is Cc1ccc([CH]C(C)Cl)cc1. The van der Waals surface area contributed by atoms with Gasteiger partial charge in [0, 0.05) is 11.8 Å². The number of hydrogen-bond acceptors (Lipinski definition) is 0. The van der Waals surface area contributed by atoms with Gasteiger partial charge in [-0.25, -0.2) is 0 Å². The van der Waals surface area contributed by atoms with Crippen LogP contribution in [-0.4, -0.2) is 5.38 Å². The molecule has 0 aliphatic heterocycles. The van der Waals surface area contributed by atoms with Crippen LogP contribution in [0, 0.1) is 13.3 Å². The molecule has 0 saturated carbocycles. The van der Waals surface area contributed by atoms with E-state index in [2.05, 4.69) is 31.2 Å². The van der Waals surface area contributed by atoms with Gasteiger partial charge in [-0.1, -0.05) is 29.8 Å². The maximum absolute atomic E-state index is 5.80. The van der Waals surface area contributed by atoms with Gasteiger partial charge in [0.1, 0.15) is 0 Å². The molecule has 11 heavy (non-hydrogen) atoms. The third-order valence-electron chi connectivity index (χ3n) is 1.50. The molecule has 0 spiro atoms. The number of rotatable bonds is 2. The minimum absolute atomic E-state index is 0.109. The lowest BCUT2D eigenvalue weighted by Crippen LogP contribution is -1.92. The molecule has 0 aliphatic carbocycles. The van der Waals surface area contributed by atoms with Crippen LogP contribution in [0.25, 0.3) is 0 Å². The molecule has 0 aromatic heterocycles. The largest absolute Gasteiger partial charge is 0.123 e. The van der Waals surface area contributed by atoms with Gasteiger partial charge in [-0.05, 0) is 19.4 Å². The topological polar surface area (TPSA) is 0 Å².